The zero-order chi connectivity index (χ0) is 15.0. The quantitative estimate of drug-likeness (QED) is 0.938. The van der Waals surface area contributed by atoms with Crippen molar-refractivity contribution < 1.29 is 0 Å². The number of aromatic nitrogens is 2. The van der Waals surface area contributed by atoms with Gasteiger partial charge >= 0.3 is 0 Å². The van der Waals surface area contributed by atoms with Crippen molar-refractivity contribution in [3.05, 3.63) is 16.3 Å². The highest BCUT2D eigenvalue weighted by atomic mass is 32.1. The minimum atomic E-state index is 0.642. The fraction of sp³-hybridized carbons (Fsp3) is 0.625. The molecule has 0 bridgehead atoms. The van der Waals surface area contributed by atoms with Gasteiger partial charge in [-0.15, -0.1) is 11.3 Å². The maximum atomic E-state index is 4.82. The lowest BCUT2D eigenvalue weighted by atomic mass is 10.0. The number of rotatable bonds is 3. The van der Waals surface area contributed by atoms with Crippen LogP contribution in [-0.2, 0) is 6.54 Å². The summed E-state index contributed by atoms with van der Waals surface area (Å²) in [5, 5.41) is 4.44. The van der Waals surface area contributed by atoms with Gasteiger partial charge in [0.15, 0.2) is 0 Å². The first-order valence-electron chi connectivity index (χ1n) is 7.78. The lowest BCUT2D eigenvalue weighted by Crippen LogP contribution is -2.37. The Morgan fingerprint density at radius 1 is 1.29 bits per heavy atom. The maximum Gasteiger partial charge on any atom is 0.146 e. The van der Waals surface area contributed by atoms with Crippen LogP contribution < -0.4 is 5.32 Å². The summed E-state index contributed by atoms with van der Waals surface area (Å²) < 4.78 is 0. The molecule has 0 saturated carbocycles. The van der Waals surface area contributed by atoms with E-state index in [1.807, 2.05) is 7.05 Å². The number of nitrogens with one attached hydrogen (secondary N) is 1. The number of hydrogen-bond donors (Lipinski definition) is 1. The van der Waals surface area contributed by atoms with E-state index in [4.69, 9.17) is 9.97 Å². The van der Waals surface area contributed by atoms with Crippen molar-refractivity contribution in [2.45, 2.75) is 52.6 Å². The third-order valence-electron chi connectivity index (χ3n) is 4.60. The Hall–Kier alpha value is -1.20. The number of hydrogen-bond acceptors (Lipinski definition) is 5. The van der Waals surface area contributed by atoms with Crippen molar-refractivity contribution in [2.75, 3.05) is 18.9 Å². The molecule has 1 N–H and O–H groups in total. The fourth-order valence-electron chi connectivity index (χ4n) is 3.12. The molecule has 4 nitrogen and oxygen atoms in total. The van der Waals surface area contributed by atoms with Gasteiger partial charge in [0.05, 0.1) is 11.9 Å². The second kappa shape index (κ2) is 5.89. The van der Waals surface area contributed by atoms with Crippen LogP contribution in [-0.4, -0.2) is 34.5 Å². The summed E-state index contributed by atoms with van der Waals surface area (Å²) in [6, 6.07) is 0.642. The van der Waals surface area contributed by atoms with Gasteiger partial charge in [-0.05, 0) is 45.7 Å². The lowest BCUT2D eigenvalue weighted by molar-refractivity contribution is 0.149. The van der Waals surface area contributed by atoms with Gasteiger partial charge in [0.2, 0.25) is 0 Å². The average Bonchev–Trinajstić information content (AvgIpc) is 2.76. The van der Waals surface area contributed by atoms with Crippen molar-refractivity contribution in [1.29, 1.82) is 0 Å². The molecule has 1 fully saturated rings. The third-order valence-corrected chi connectivity index (χ3v) is 5.70. The molecule has 2 aromatic rings. The monoisotopic (exact) mass is 304 g/mol. The molecule has 1 aliphatic heterocycles. The molecule has 21 heavy (non-hydrogen) atoms. The van der Waals surface area contributed by atoms with Crippen molar-refractivity contribution in [2.24, 2.45) is 0 Å². The van der Waals surface area contributed by atoms with Crippen molar-refractivity contribution in [3.8, 4) is 0 Å². The Bertz CT molecular complexity index is 649. The summed E-state index contributed by atoms with van der Waals surface area (Å²) in [5.74, 6) is 1.92. The first-order chi connectivity index (χ1) is 10.1. The van der Waals surface area contributed by atoms with Gasteiger partial charge < -0.3 is 5.32 Å². The normalized spacial score (nSPS) is 20.1. The van der Waals surface area contributed by atoms with Gasteiger partial charge in [-0.25, -0.2) is 9.97 Å². The van der Waals surface area contributed by atoms with E-state index >= 15 is 0 Å². The van der Waals surface area contributed by atoms with Gasteiger partial charge in [0.1, 0.15) is 16.5 Å². The van der Waals surface area contributed by atoms with Crippen LogP contribution in [0.2, 0.25) is 0 Å². The van der Waals surface area contributed by atoms with E-state index in [2.05, 4.69) is 31.0 Å². The maximum absolute atomic E-state index is 4.82. The molecule has 0 spiro atoms. The highest BCUT2D eigenvalue weighted by molar-refractivity contribution is 7.18. The fourth-order valence-corrected chi connectivity index (χ4v) is 4.17. The highest BCUT2D eigenvalue weighted by Gasteiger charge is 2.21. The van der Waals surface area contributed by atoms with E-state index < -0.39 is 0 Å². The standard InChI is InChI=1S/C16H24N4S/c1-10-7-5-6-8-20(10)9-13-18-15(17-4)14-11(2)12(3)21-16(14)19-13/h10H,5-9H2,1-4H3,(H,17,18,19). The Balaban J connectivity index is 1.96. The number of likely N-dealkylation sites (tertiary alicyclic amines) is 1. The van der Waals surface area contributed by atoms with Crippen LogP contribution in [0.1, 0.15) is 42.5 Å². The molecule has 1 aliphatic rings. The van der Waals surface area contributed by atoms with Gasteiger partial charge in [0, 0.05) is 18.0 Å². The average molecular weight is 304 g/mol. The SMILES string of the molecule is CNc1nc(CN2CCCCC2C)nc2sc(C)c(C)c12. The number of nitrogens with zero attached hydrogens (tertiary/aromatic N) is 3. The summed E-state index contributed by atoms with van der Waals surface area (Å²) >= 11 is 1.78. The van der Waals surface area contributed by atoms with Gasteiger partial charge in [0.25, 0.3) is 0 Å². The zero-order valence-corrected chi connectivity index (χ0v) is 14.2. The second-order valence-corrected chi connectivity index (χ2v) is 7.22. The van der Waals surface area contributed by atoms with Gasteiger partial charge in [-0.1, -0.05) is 6.42 Å². The molecule has 1 saturated heterocycles. The number of piperidine rings is 1. The molecule has 0 aromatic carbocycles. The topological polar surface area (TPSA) is 41.1 Å². The number of anilines is 1. The predicted octanol–water partition coefficient (Wildman–Crippen LogP) is 3.72. The molecule has 2 aromatic heterocycles. The van der Waals surface area contributed by atoms with Gasteiger partial charge in [-0.2, -0.15) is 0 Å². The second-order valence-electron chi connectivity index (χ2n) is 6.02. The first kappa shape index (κ1) is 14.7. The van der Waals surface area contributed by atoms with Crippen LogP contribution in [0.3, 0.4) is 0 Å². The summed E-state index contributed by atoms with van der Waals surface area (Å²) in [4.78, 5) is 14.5. The molecular weight excluding hydrogens is 280 g/mol. The number of aryl methyl sites for hydroxylation is 2. The molecule has 114 valence electrons. The van der Waals surface area contributed by atoms with Gasteiger partial charge in [-0.3, -0.25) is 4.90 Å². The summed E-state index contributed by atoms with van der Waals surface area (Å²) in [5.41, 5.74) is 1.30. The van der Waals surface area contributed by atoms with E-state index in [1.165, 1.54) is 41.6 Å². The van der Waals surface area contributed by atoms with Crippen molar-refractivity contribution >= 4 is 27.4 Å². The molecule has 0 amide bonds. The third kappa shape index (κ3) is 2.77. The summed E-state index contributed by atoms with van der Waals surface area (Å²) in [6.07, 6.45) is 3.93. The summed E-state index contributed by atoms with van der Waals surface area (Å²) in [6.45, 7) is 8.66. The van der Waals surface area contributed by atoms with Crippen LogP contribution in [0.15, 0.2) is 0 Å². The van der Waals surface area contributed by atoms with Crippen LogP contribution >= 0.6 is 11.3 Å². The first-order valence-corrected chi connectivity index (χ1v) is 8.60. The van der Waals surface area contributed by atoms with Crippen molar-refractivity contribution in [3.63, 3.8) is 0 Å². The Kier molecular flexibility index (Phi) is 4.13. The molecule has 5 heteroatoms. The zero-order valence-electron chi connectivity index (χ0n) is 13.4. The van der Waals surface area contributed by atoms with E-state index in [1.54, 1.807) is 11.3 Å². The number of fused-ring (bicyclic) bond motifs is 1. The lowest BCUT2D eigenvalue weighted by Gasteiger charge is -2.32. The number of thiophene rings is 1. The Morgan fingerprint density at radius 2 is 2.10 bits per heavy atom. The van der Waals surface area contributed by atoms with E-state index in [0.29, 0.717) is 6.04 Å². The molecule has 3 rings (SSSR count). The largest absolute Gasteiger partial charge is 0.372 e. The van der Waals surface area contributed by atoms with E-state index in [0.717, 1.165) is 23.0 Å². The van der Waals surface area contributed by atoms with Crippen LogP contribution in [0.4, 0.5) is 5.82 Å². The van der Waals surface area contributed by atoms with E-state index in [9.17, 15) is 0 Å². The molecule has 1 atom stereocenters. The molecule has 0 aliphatic carbocycles. The Morgan fingerprint density at radius 3 is 2.81 bits per heavy atom. The minimum Gasteiger partial charge on any atom is -0.372 e. The molecule has 3 heterocycles. The molecule has 0 radical (unpaired) electrons. The van der Waals surface area contributed by atoms with E-state index in [-0.39, 0.29) is 0 Å². The summed E-state index contributed by atoms with van der Waals surface area (Å²) in [7, 11) is 1.95. The van der Waals surface area contributed by atoms with Crippen LogP contribution in [0.25, 0.3) is 10.2 Å². The smallest absolute Gasteiger partial charge is 0.146 e. The highest BCUT2D eigenvalue weighted by Crippen LogP contribution is 2.33. The van der Waals surface area contributed by atoms with Crippen LogP contribution in [0.5, 0.6) is 0 Å². The predicted molar refractivity (Wildman–Crippen MR) is 90.2 cm³/mol. The van der Waals surface area contributed by atoms with Crippen LogP contribution in [0, 0.1) is 13.8 Å². The molecule has 1 unspecified atom stereocenters. The Labute approximate surface area is 130 Å². The molecular formula is C16H24N4S. The minimum absolute atomic E-state index is 0.642. The van der Waals surface area contributed by atoms with Crippen molar-refractivity contribution in [1.82, 2.24) is 14.9 Å².